The quantitative estimate of drug-likeness (QED) is 0.838. The number of aromatic hydroxyl groups is 1. The molecular weight excluding hydrogens is 288 g/mol. The van der Waals surface area contributed by atoms with E-state index in [0.717, 1.165) is 17.7 Å². The molecule has 2 N–H and O–H groups in total. The number of carbonyl (C=O) groups is 1. The van der Waals surface area contributed by atoms with Crippen molar-refractivity contribution in [2.24, 2.45) is 5.92 Å². The van der Waals surface area contributed by atoms with Gasteiger partial charge in [0.05, 0.1) is 11.3 Å². The molecule has 0 saturated heterocycles. The van der Waals surface area contributed by atoms with Crippen LogP contribution in [-0.2, 0) is 6.42 Å². The zero-order valence-corrected chi connectivity index (χ0v) is 13.8. The van der Waals surface area contributed by atoms with E-state index in [1.54, 1.807) is 6.07 Å². The van der Waals surface area contributed by atoms with Crippen LogP contribution in [-0.4, -0.2) is 24.6 Å². The maximum absolute atomic E-state index is 12.5. The third kappa shape index (κ3) is 3.52. The average molecular weight is 314 g/mol. The molecule has 0 bridgehead atoms. The Balaban J connectivity index is 1.69. The molecule has 4 nitrogen and oxygen atoms in total. The largest absolute Gasteiger partial charge is 0.505 e. The number of allylic oxidation sites excluding steroid dienone is 1. The van der Waals surface area contributed by atoms with E-state index in [-0.39, 0.29) is 11.7 Å². The third-order valence-corrected chi connectivity index (χ3v) is 5.02. The lowest BCUT2D eigenvalue weighted by molar-refractivity contribution is 0.0943. The van der Waals surface area contributed by atoms with Crippen molar-refractivity contribution in [1.29, 1.82) is 0 Å². The number of nitrogens with one attached hydrogen (secondary N) is 1. The molecule has 124 valence electrons. The van der Waals surface area contributed by atoms with Gasteiger partial charge in [-0.15, -0.1) is 0 Å². The van der Waals surface area contributed by atoms with Crippen molar-refractivity contribution in [2.75, 3.05) is 18.5 Å². The molecule has 1 amide bonds. The monoisotopic (exact) mass is 314 g/mol. The fourth-order valence-corrected chi connectivity index (χ4v) is 3.68. The molecule has 23 heavy (non-hydrogen) atoms. The van der Waals surface area contributed by atoms with Gasteiger partial charge in [-0.1, -0.05) is 37.8 Å². The SMILES string of the molecule is CN1C=CCc2ccc(C(=O)NCC3CCCCCC3)c(O)c21. The summed E-state index contributed by atoms with van der Waals surface area (Å²) in [5.41, 5.74) is 2.17. The minimum absolute atomic E-state index is 0.0905. The zero-order valence-electron chi connectivity index (χ0n) is 13.8. The normalized spacial score (nSPS) is 18.4. The minimum Gasteiger partial charge on any atom is -0.505 e. The topological polar surface area (TPSA) is 52.6 Å². The molecule has 0 unspecified atom stereocenters. The molecule has 2 aliphatic rings. The number of rotatable bonds is 3. The highest BCUT2D eigenvalue weighted by Gasteiger charge is 2.21. The molecule has 1 heterocycles. The van der Waals surface area contributed by atoms with Crippen molar-refractivity contribution in [1.82, 2.24) is 5.32 Å². The minimum atomic E-state index is -0.169. The molecular formula is C19H26N2O2. The van der Waals surface area contributed by atoms with E-state index in [4.69, 9.17) is 0 Å². The third-order valence-electron chi connectivity index (χ3n) is 5.02. The lowest BCUT2D eigenvalue weighted by atomic mass is 9.99. The summed E-state index contributed by atoms with van der Waals surface area (Å²) in [7, 11) is 1.89. The fourth-order valence-electron chi connectivity index (χ4n) is 3.68. The molecule has 1 aromatic rings. The van der Waals surface area contributed by atoms with Gasteiger partial charge < -0.3 is 15.3 Å². The van der Waals surface area contributed by atoms with Crippen LogP contribution in [0.25, 0.3) is 0 Å². The van der Waals surface area contributed by atoms with Gasteiger partial charge in [0.1, 0.15) is 0 Å². The van der Waals surface area contributed by atoms with E-state index < -0.39 is 0 Å². The summed E-state index contributed by atoms with van der Waals surface area (Å²) in [5.74, 6) is 0.497. The maximum atomic E-state index is 12.5. The summed E-state index contributed by atoms with van der Waals surface area (Å²) in [6.07, 6.45) is 12.3. The number of fused-ring (bicyclic) bond motifs is 1. The van der Waals surface area contributed by atoms with Crippen molar-refractivity contribution < 1.29 is 9.90 Å². The molecule has 1 saturated carbocycles. The second kappa shape index (κ2) is 7.07. The van der Waals surface area contributed by atoms with Crippen LogP contribution in [0.15, 0.2) is 24.4 Å². The van der Waals surface area contributed by atoms with Crippen LogP contribution in [0.5, 0.6) is 5.75 Å². The standard InChI is InChI=1S/C19H26N2O2/c1-21-12-6-9-15-10-11-16(18(22)17(15)21)19(23)20-13-14-7-4-2-3-5-8-14/h6,10-12,14,22H,2-5,7-9,13H2,1H3,(H,20,23). The Kier molecular flexibility index (Phi) is 4.89. The van der Waals surface area contributed by atoms with E-state index in [1.807, 2.05) is 30.3 Å². The van der Waals surface area contributed by atoms with Gasteiger partial charge in [-0.2, -0.15) is 0 Å². The van der Waals surface area contributed by atoms with E-state index in [1.165, 1.54) is 38.5 Å². The van der Waals surface area contributed by atoms with Gasteiger partial charge in [0.15, 0.2) is 5.75 Å². The lowest BCUT2D eigenvalue weighted by Crippen LogP contribution is -2.29. The molecule has 0 spiro atoms. The van der Waals surface area contributed by atoms with Gasteiger partial charge in [-0.3, -0.25) is 4.79 Å². The van der Waals surface area contributed by atoms with Gasteiger partial charge in [-0.25, -0.2) is 0 Å². The van der Waals surface area contributed by atoms with Crippen LogP contribution in [0.1, 0.15) is 54.4 Å². The van der Waals surface area contributed by atoms with Crippen LogP contribution in [0.2, 0.25) is 0 Å². The number of amides is 1. The number of carbonyl (C=O) groups excluding carboxylic acids is 1. The lowest BCUT2D eigenvalue weighted by Gasteiger charge is -2.24. The average Bonchev–Trinajstić information content (AvgIpc) is 2.82. The highest BCUT2D eigenvalue weighted by molar-refractivity contribution is 5.99. The molecule has 0 radical (unpaired) electrons. The van der Waals surface area contributed by atoms with E-state index in [2.05, 4.69) is 5.32 Å². The van der Waals surface area contributed by atoms with Crippen molar-refractivity contribution in [2.45, 2.75) is 44.9 Å². The number of phenolic OH excluding ortho intramolecular Hbond substituents is 1. The van der Waals surface area contributed by atoms with Crippen LogP contribution in [0, 0.1) is 5.92 Å². The van der Waals surface area contributed by atoms with Gasteiger partial charge in [0.2, 0.25) is 0 Å². The highest BCUT2D eigenvalue weighted by Crippen LogP contribution is 2.36. The molecule has 1 aliphatic heterocycles. The molecule has 0 aromatic heterocycles. The van der Waals surface area contributed by atoms with Gasteiger partial charge in [0, 0.05) is 19.8 Å². The number of benzene rings is 1. The van der Waals surface area contributed by atoms with Gasteiger partial charge >= 0.3 is 0 Å². The Bertz CT molecular complexity index is 602. The molecule has 3 rings (SSSR count). The predicted molar refractivity (Wildman–Crippen MR) is 92.9 cm³/mol. The Labute approximate surface area is 138 Å². The Morgan fingerprint density at radius 3 is 2.74 bits per heavy atom. The number of hydrogen-bond donors (Lipinski definition) is 2. The van der Waals surface area contributed by atoms with Gasteiger partial charge in [0.25, 0.3) is 5.91 Å². The number of nitrogens with zero attached hydrogens (tertiary/aromatic N) is 1. The van der Waals surface area contributed by atoms with Crippen LogP contribution < -0.4 is 10.2 Å². The van der Waals surface area contributed by atoms with Gasteiger partial charge in [-0.05, 0) is 36.8 Å². The summed E-state index contributed by atoms with van der Waals surface area (Å²) in [6.45, 7) is 0.713. The van der Waals surface area contributed by atoms with E-state index >= 15 is 0 Å². The zero-order chi connectivity index (χ0) is 16.2. The second-order valence-corrected chi connectivity index (χ2v) is 6.74. The molecule has 4 heteroatoms. The highest BCUT2D eigenvalue weighted by atomic mass is 16.3. The second-order valence-electron chi connectivity index (χ2n) is 6.74. The van der Waals surface area contributed by atoms with Crippen molar-refractivity contribution in [3.05, 3.63) is 35.5 Å². The summed E-state index contributed by atoms with van der Waals surface area (Å²) >= 11 is 0. The Morgan fingerprint density at radius 2 is 2.00 bits per heavy atom. The first-order valence-corrected chi connectivity index (χ1v) is 8.69. The Hall–Kier alpha value is -1.97. The smallest absolute Gasteiger partial charge is 0.255 e. The number of hydrogen-bond acceptors (Lipinski definition) is 3. The molecule has 0 atom stereocenters. The molecule has 1 aromatic carbocycles. The van der Waals surface area contributed by atoms with E-state index in [0.29, 0.717) is 18.0 Å². The first kappa shape index (κ1) is 15.9. The number of phenols is 1. The summed E-state index contributed by atoms with van der Waals surface area (Å²) < 4.78 is 0. The summed E-state index contributed by atoms with van der Waals surface area (Å²) in [5, 5.41) is 13.5. The molecule has 1 fully saturated rings. The Morgan fingerprint density at radius 1 is 1.26 bits per heavy atom. The van der Waals surface area contributed by atoms with Crippen molar-refractivity contribution >= 4 is 11.6 Å². The predicted octanol–water partition coefficient (Wildman–Crippen LogP) is 3.60. The first-order valence-electron chi connectivity index (χ1n) is 8.69. The molecule has 1 aliphatic carbocycles. The van der Waals surface area contributed by atoms with Crippen LogP contribution in [0.3, 0.4) is 0 Å². The summed E-state index contributed by atoms with van der Waals surface area (Å²) in [4.78, 5) is 14.4. The van der Waals surface area contributed by atoms with E-state index in [9.17, 15) is 9.90 Å². The van der Waals surface area contributed by atoms with Crippen molar-refractivity contribution in [3.63, 3.8) is 0 Å². The van der Waals surface area contributed by atoms with Crippen LogP contribution in [0.4, 0.5) is 5.69 Å². The fraction of sp³-hybridized carbons (Fsp3) is 0.526. The number of anilines is 1. The summed E-state index contributed by atoms with van der Waals surface area (Å²) in [6, 6.07) is 3.68. The maximum Gasteiger partial charge on any atom is 0.255 e. The van der Waals surface area contributed by atoms with Crippen LogP contribution >= 0.6 is 0 Å². The first-order chi connectivity index (χ1) is 11.2. The van der Waals surface area contributed by atoms with Crippen molar-refractivity contribution in [3.8, 4) is 5.75 Å².